The van der Waals surface area contributed by atoms with E-state index in [1.165, 1.54) is 11.8 Å². The fraction of sp³-hybridized carbons (Fsp3) is 0.667. The van der Waals surface area contributed by atoms with Crippen molar-refractivity contribution >= 4 is 17.9 Å². The molecule has 1 saturated heterocycles. The summed E-state index contributed by atoms with van der Waals surface area (Å²) in [7, 11) is 1.65. The molecule has 16 heavy (non-hydrogen) atoms. The summed E-state index contributed by atoms with van der Waals surface area (Å²) in [4.78, 5) is 34.7. The third kappa shape index (κ3) is 2.85. The van der Waals surface area contributed by atoms with E-state index >= 15 is 0 Å². The van der Waals surface area contributed by atoms with Crippen LogP contribution in [-0.4, -0.2) is 53.6 Å². The number of likely N-dealkylation sites (tertiary alicyclic amines) is 1. The van der Waals surface area contributed by atoms with Gasteiger partial charge in [-0.25, -0.2) is 4.79 Å². The second-order valence-corrected chi connectivity index (χ2v) is 3.78. The molecule has 0 bridgehead atoms. The van der Waals surface area contributed by atoms with Crippen LogP contribution in [0, 0.1) is 0 Å². The molecule has 1 rings (SSSR count). The first-order chi connectivity index (χ1) is 7.41. The molecule has 0 aromatic rings. The number of nitrogens with zero attached hydrogens (tertiary/aromatic N) is 1. The van der Waals surface area contributed by atoms with E-state index in [0.29, 0.717) is 13.0 Å². The molecule has 1 unspecified atom stereocenters. The van der Waals surface area contributed by atoms with Gasteiger partial charge in [0.15, 0.2) is 0 Å². The van der Waals surface area contributed by atoms with Crippen LogP contribution in [0.25, 0.3) is 0 Å². The van der Waals surface area contributed by atoms with Crippen LogP contribution in [0.15, 0.2) is 0 Å². The minimum atomic E-state index is -1.12. The Morgan fingerprint density at radius 3 is 2.62 bits per heavy atom. The summed E-state index contributed by atoms with van der Waals surface area (Å²) in [5.41, 5.74) is 0. The summed E-state index contributed by atoms with van der Waals surface area (Å²) in [6.07, 6.45) is 0.546. The maximum absolute atomic E-state index is 11.4. The van der Waals surface area contributed by atoms with Gasteiger partial charge in [0.1, 0.15) is 12.1 Å². The van der Waals surface area contributed by atoms with Crippen molar-refractivity contribution in [2.45, 2.75) is 25.4 Å². The Bertz CT molecular complexity index is 318. The molecule has 1 heterocycles. The molecule has 0 aliphatic carbocycles. The predicted octanol–water partition coefficient (Wildman–Crippen LogP) is -1.01. The fourth-order valence-corrected chi connectivity index (χ4v) is 1.41. The summed E-state index contributed by atoms with van der Waals surface area (Å²) in [5.74, 6) is -1.27. The number of carbonyl (C=O) groups is 3. The summed E-state index contributed by atoms with van der Waals surface area (Å²) in [6, 6.07) is -2.16. The van der Waals surface area contributed by atoms with E-state index in [-0.39, 0.29) is 5.91 Å². The summed E-state index contributed by atoms with van der Waals surface area (Å²) in [6.45, 7) is 1.95. The van der Waals surface area contributed by atoms with Crippen LogP contribution in [-0.2, 0) is 9.59 Å². The van der Waals surface area contributed by atoms with Gasteiger partial charge in [0.25, 0.3) is 0 Å². The summed E-state index contributed by atoms with van der Waals surface area (Å²) in [5, 5.41) is 13.2. The van der Waals surface area contributed by atoms with Crippen molar-refractivity contribution in [2.75, 3.05) is 13.6 Å². The molecule has 7 nitrogen and oxygen atoms in total. The van der Waals surface area contributed by atoms with Gasteiger partial charge >= 0.3 is 12.0 Å². The van der Waals surface area contributed by atoms with E-state index in [1.807, 2.05) is 0 Å². The molecule has 1 fully saturated rings. The zero-order valence-electron chi connectivity index (χ0n) is 9.19. The molecular weight excluding hydrogens is 214 g/mol. The maximum atomic E-state index is 11.4. The minimum absolute atomic E-state index is 0.155. The quantitative estimate of drug-likeness (QED) is 0.577. The Labute approximate surface area is 92.8 Å². The second kappa shape index (κ2) is 4.82. The number of aliphatic carboxylic acids is 1. The average Bonchev–Trinajstić information content (AvgIpc) is 2.49. The molecule has 0 saturated carbocycles. The monoisotopic (exact) mass is 229 g/mol. The van der Waals surface area contributed by atoms with Gasteiger partial charge in [0.05, 0.1) is 0 Å². The van der Waals surface area contributed by atoms with Crippen molar-refractivity contribution in [3.63, 3.8) is 0 Å². The van der Waals surface area contributed by atoms with Crippen molar-refractivity contribution in [3.8, 4) is 0 Å². The maximum Gasteiger partial charge on any atom is 0.325 e. The molecule has 3 N–H and O–H groups in total. The van der Waals surface area contributed by atoms with Crippen LogP contribution in [0.1, 0.15) is 13.3 Å². The molecule has 7 heteroatoms. The topological polar surface area (TPSA) is 98.7 Å². The first kappa shape index (κ1) is 12.3. The van der Waals surface area contributed by atoms with Gasteiger partial charge in [0.2, 0.25) is 5.91 Å². The number of urea groups is 1. The minimum Gasteiger partial charge on any atom is -0.480 e. The lowest BCUT2D eigenvalue weighted by Gasteiger charge is -2.14. The van der Waals surface area contributed by atoms with E-state index in [2.05, 4.69) is 10.6 Å². The van der Waals surface area contributed by atoms with Crippen LogP contribution in [0.4, 0.5) is 4.79 Å². The van der Waals surface area contributed by atoms with E-state index in [9.17, 15) is 14.4 Å². The van der Waals surface area contributed by atoms with E-state index < -0.39 is 24.1 Å². The van der Waals surface area contributed by atoms with Gasteiger partial charge in [-0.2, -0.15) is 0 Å². The fourth-order valence-electron chi connectivity index (χ4n) is 1.41. The average molecular weight is 229 g/mol. The second-order valence-electron chi connectivity index (χ2n) is 3.78. The number of carboxylic acid groups (broad SMARTS) is 1. The Balaban J connectivity index is 2.41. The van der Waals surface area contributed by atoms with Crippen molar-refractivity contribution in [1.29, 1.82) is 0 Å². The number of amides is 3. The zero-order valence-corrected chi connectivity index (χ0v) is 9.19. The van der Waals surface area contributed by atoms with Crippen LogP contribution >= 0.6 is 0 Å². The number of hydrogen-bond acceptors (Lipinski definition) is 3. The number of carboxylic acids is 1. The lowest BCUT2D eigenvalue weighted by Crippen LogP contribution is -2.49. The molecule has 3 amide bonds. The lowest BCUT2D eigenvalue weighted by atomic mass is 10.2. The number of carbonyl (C=O) groups excluding carboxylic acids is 2. The number of rotatable bonds is 3. The predicted molar refractivity (Wildman–Crippen MR) is 54.8 cm³/mol. The van der Waals surface area contributed by atoms with Crippen LogP contribution in [0.5, 0.6) is 0 Å². The molecule has 0 aromatic carbocycles. The SMILES string of the molecule is C[C@@H](NC(=O)NC1CCN(C)C1=O)C(=O)O. The molecule has 90 valence electrons. The standard InChI is InChI=1S/C9H15N3O4/c1-5(8(14)15)10-9(16)11-6-3-4-12(2)7(6)13/h5-6H,3-4H2,1-2H3,(H,14,15)(H2,10,11,16)/t5-,6?/m1/s1. The first-order valence-corrected chi connectivity index (χ1v) is 4.96. The van der Waals surface area contributed by atoms with Crippen molar-refractivity contribution in [2.24, 2.45) is 0 Å². The largest absolute Gasteiger partial charge is 0.480 e. The number of likely N-dealkylation sites (N-methyl/N-ethyl adjacent to an activating group) is 1. The highest BCUT2D eigenvalue weighted by Gasteiger charge is 2.30. The third-order valence-corrected chi connectivity index (χ3v) is 2.45. The molecule has 0 spiro atoms. The van der Waals surface area contributed by atoms with Crippen LogP contribution in [0.2, 0.25) is 0 Å². The lowest BCUT2D eigenvalue weighted by molar-refractivity contribution is -0.138. The van der Waals surface area contributed by atoms with Crippen LogP contribution < -0.4 is 10.6 Å². The summed E-state index contributed by atoms with van der Waals surface area (Å²) >= 11 is 0. The highest BCUT2D eigenvalue weighted by Crippen LogP contribution is 2.07. The molecule has 1 aliphatic heterocycles. The van der Waals surface area contributed by atoms with E-state index in [0.717, 1.165) is 0 Å². The van der Waals surface area contributed by atoms with Crippen LogP contribution in [0.3, 0.4) is 0 Å². The highest BCUT2D eigenvalue weighted by molar-refractivity contribution is 5.89. The Morgan fingerprint density at radius 2 is 2.19 bits per heavy atom. The highest BCUT2D eigenvalue weighted by atomic mass is 16.4. The van der Waals surface area contributed by atoms with Gasteiger partial charge in [-0.15, -0.1) is 0 Å². The number of hydrogen-bond donors (Lipinski definition) is 3. The van der Waals surface area contributed by atoms with E-state index in [4.69, 9.17) is 5.11 Å². The van der Waals surface area contributed by atoms with Gasteiger partial charge in [-0.05, 0) is 13.3 Å². The van der Waals surface area contributed by atoms with Gasteiger partial charge in [-0.1, -0.05) is 0 Å². The van der Waals surface area contributed by atoms with Crippen molar-refractivity contribution < 1.29 is 19.5 Å². The third-order valence-electron chi connectivity index (χ3n) is 2.45. The zero-order chi connectivity index (χ0) is 12.3. The Morgan fingerprint density at radius 1 is 1.56 bits per heavy atom. The summed E-state index contributed by atoms with van der Waals surface area (Å²) < 4.78 is 0. The number of nitrogens with one attached hydrogen (secondary N) is 2. The molecule has 0 radical (unpaired) electrons. The first-order valence-electron chi connectivity index (χ1n) is 4.96. The Hall–Kier alpha value is -1.79. The van der Waals surface area contributed by atoms with Gasteiger partial charge in [-0.3, -0.25) is 9.59 Å². The van der Waals surface area contributed by atoms with Gasteiger partial charge < -0.3 is 20.6 Å². The molecule has 1 aliphatic rings. The van der Waals surface area contributed by atoms with Crippen molar-refractivity contribution in [3.05, 3.63) is 0 Å². The normalized spacial score (nSPS) is 21.8. The van der Waals surface area contributed by atoms with E-state index in [1.54, 1.807) is 7.05 Å². The van der Waals surface area contributed by atoms with Gasteiger partial charge in [0, 0.05) is 13.6 Å². The molecule has 0 aromatic heterocycles. The van der Waals surface area contributed by atoms with Crippen molar-refractivity contribution in [1.82, 2.24) is 15.5 Å². The molecule has 2 atom stereocenters. The molecular formula is C9H15N3O4. The Kier molecular flexibility index (Phi) is 3.70. The smallest absolute Gasteiger partial charge is 0.325 e.